The first-order chi connectivity index (χ1) is 10.0. The molecule has 0 aromatic carbocycles. The van der Waals surface area contributed by atoms with Crippen molar-refractivity contribution in [2.75, 3.05) is 32.1 Å². The van der Waals surface area contributed by atoms with E-state index in [1.54, 1.807) is 4.68 Å². The van der Waals surface area contributed by atoms with Crippen molar-refractivity contribution >= 4 is 11.8 Å². The maximum Gasteiger partial charge on any atom is 0.411 e. The number of nitrogens with zero attached hydrogens (tertiary/aromatic N) is 4. The molecule has 0 unspecified atom stereocenters. The molecule has 0 aliphatic rings. The molecule has 10 heteroatoms. The van der Waals surface area contributed by atoms with Gasteiger partial charge in [-0.3, -0.25) is 0 Å². The number of ether oxygens (including phenoxy) is 1. The molecule has 0 radical (unpaired) electrons. The third-order valence-corrected chi connectivity index (χ3v) is 3.40. The lowest BCUT2D eigenvalue weighted by Crippen LogP contribution is -2.21. The first kappa shape index (κ1) is 18.2. The van der Waals surface area contributed by atoms with Crippen LogP contribution in [0.1, 0.15) is 19.8 Å². The van der Waals surface area contributed by atoms with E-state index >= 15 is 0 Å². The monoisotopic (exact) mass is 327 g/mol. The summed E-state index contributed by atoms with van der Waals surface area (Å²) in [6, 6.07) is 0. The van der Waals surface area contributed by atoms with Gasteiger partial charge in [-0.1, -0.05) is 18.7 Å². The molecule has 6 nitrogen and oxygen atoms in total. The van der Waals surface area contributed by atoms with Crippen molar-refractivity contribution in [1.29, 1.82) is 0 Å². The Bertz CT molecular complexity index is 388. The SMILES string of the molecule is CCCNCCn1nnnc1SCCCOCC(F)(F)F. The maximum atomic E-state index is 11.8. The molecule has 1 aromatic rings. The van der Waals surface area contributed by atoms with E-state index in [0.717, 1.165) is 19.5 Å². The van der Waals surface area contributed by atoms with E-state index in [-0.39, 0.29) is 6.61 Å². The van der Waals surface area contributed by atoms with Gasteiger partial charge in [0.2, 0.25) is 5.16 Å². The number of hydrogen-bond acceptors (Lipinski definition) is 6. The van der Waals surface area contributed by atoms with Gasteiger partial charge in [0, 0.05) is 18.9 Å². The highest BCUT2D eigenvalue weighted by atomic mass is 32.2. The molecular weight excluding hydrogens is 307 g/mol. The van der Waals surface area contributed by atoms with Crippen LogP contribution in [0.5, 0.6) is 0 Å². The first-order valence-corrected chi connectivity index (χ1v) is 7.75. The Morgan fingerprint density at radius 1 is 1.33 bits per heavy atom. The van der Waals surface area contributed by atoms with E-state index < -0.39 is 12.8 Å². The molecular formula is C11H20F3N5OS. The Hall–Kier alpha value is -0.870. The van der Waals surface area contributed by atoms with Crippen molar-refractivity contribution in [2.24, 2.45) is 0 Å². The zero-order chi connectivity index (χ0) is 15.6. The summed E-state index contributed by atoms with van der Waals surface area (Å²) in [4.78, 5) is 0. The molecule has 0 aliphatic heterocycles. The summed E-state index contributed by atoms with van der Waals surface area (Å²) in [6.07, 6.45) is -2.68. The lowest BCUT2D eigenvalue weighted by atomic mass is 10.5. The molecule has 1 N–H and O–H groups in total. The van der Waals surface area contributed by atoms with Crippen LogP contribution < -0.4 is 5.32 Å². The molecule has 122 valence electrons. The predicted molar refractivity (Wildman–Crippen MR) is 73.2 cm³/mol. The summed E-state index contributed by atoms with van der Waals surface area (Å²) in [5, 5.41) is 15.3. The van der Waals surface area contributed by atoms with E-state index in [9.17, 15) is 13.2 Å². The number of aromatic nitrogens is 4. The lowest BCUT2D eigenvalue weighted by molar-refractivity contribution is -0.173. The van der Waals surface area contributed by atoms with Crippen LogP contribution in [0, 0.1) is 0 Å². The number of hydrogen-bond donors (Lipinski definition) is 1. The average Bonchev–Trinajstić information content (AvgIpc) is 2.85. The second-order valence-corrected chi connectivity index (χ2v) is 5.37. The molecule has 0 amide bonds. The van der Waals surface area contributed by atoms with Crippen LogP contribution in [0.2, 0.25) is 0 Å². The van der Waals surface area contributed by atoms with E-state index in [0.29, 0.717) is 23.9 Å². The number of halogens is 3. The molecule has 0 fully saturated rings. The molecule has 0 bridgehead atoms. The minimum atomic E-state index is -4.26. The molecule has 0 saturated carbocycles. The minimum Gasteiger partial charge on any atom is -0.372 e. The fourth-order valence-electron chi connectivity index (χ4n) is 1.44. The summed E-state index contributed by atoms with van der Waals surface area (Å²) in [6.45, 7) is 3.36. The summed E-state index contributed by atoms with van der Waals surface area (Å²) in [5.41, 5.74) is 0. The molecule has 0 aliphatic carbocycles. The van der Waals surface area contributed by atoms with Crippen molar-refractivity contribution in [3.05, 3.63) is 0 Å². The quantitative estimate of drug-likeness (QED) is 0.493. The minimum absolute atomic E-state index is 0.0755. The number of tetrazole rings is 1. The van der Waals surface area contributed by atoms with Gasteiger partial charge in [-0.25, -0.2) is 4.68 Å². The number of alkyl halides is 3. The van der Waals surface area contributed by atoms with Crippen molar-refractivity contribution in [1.82, 2.24) is 25.5 Å². The fraction of sp³-hybridized carbons (Fsp3) is 0.909. The van der Waals surface area contributed by atoms with Gasteiger partial charge in [-0.2, -0.15) is 13.2 Å². The van der Waals surface area contributed by atoms with Crippen LogP contribution in [-0.4, -0.2) is 58.4 Å². The van der Waals surface area contributed by atoms with Crippen molar-refractivity contribution in [2.45, 2.75) is 37.6 Å². The highest BCUT2D eigenvalue weighted by Crippen LogP contribution is 2.16. The van der Waals surface area contributed by atoms with Crippen molar-refractivity contribution < 1.29 is 17.9 Å². The molecule has 0 atom stereocenters. The standard InChI is InChI=1S/C11H20F3N5OS/c1-2-4-15-5-6-19-10(16-17-18-19)21-8-3-7-20-9-11(12,13)14/h15H,2-9H2,1H3. The van der Waals surface area contributed by atoms with Crippen LogP contribution in [-0.2, 0) is 11.3 Å². The number of rotatable bonds is 11. The van der Waals surface area contributed by atoms with E-state index in [1.165, 1.54) is 11.8 Å². The third-order valence-electron chi connectivity index (χ3n) is 2.36. The lowest BCUT2D eigenvalue weighted by Gasteiger charge is -2.07. The van der Waals surface area contributed by atoms with E-state index in [1.807, 2.05) is 0 Å². The van der Waals surface area contributed by atoms with E-state index in [4.69, 9.17) is 0 Å². The highest BCUT2D eigenvalue weighted by molar-refractivity contribution is 7.99. The van der Waals surface area contributed by atoms with Gasteiger partial charge in [0.25, 0.3) is 0 Å². The Labute approximate surface area is 125 Å². The van der Waals surface area contributed by atoms with Gasteiger partial charge in [-0.05, 0) is 29.8 Å². The van der Waals surface area contributed by atoms with E-state index in [2.05, 4.69) is 32.5 Å². The summed E-state index contributed by atoms with van der Waals surface area (Å²) in [5.74, 6) is 0.612. The average molecular weight is 327 g/mol. The summed E-state index contributed by atoms with van der Waals surface area (Å²) >= 11 is 1.41. The zero-order valence-electron chi connectivity index (χ0n) is 11.9. The summed E-state index contributed by atoms with van der Waals surface area (Å²) < 4.78 is 41.8. The van der Waals surface area contributed by atoms with Crippen LogP contribution in [0.15, 0.2) is 5.16 Å². The van der Waals surface area contributed by atoms with Gasteiger partial charge < -0.3 is 10.1 Å². The number of nitrogens with one attached hydrogen (secondary N) is 1. The van der Waals surface area contributed by atoms with Gasteiger partial charge in [0.15, 0.2) is 0 Å². The number of thioether (sulfide) groups is 1. The molecule has 0 spiro atoms. The topological polar surface area (TPSA) is 64.9 Å². The third kappa shape index (κ3) is 8.89. The maximum absolute atomic E-state index is 11.8. The highest BCUT2D eigenvalue weighted by Gasteiger charge is 2.27. The molecule has 21 heavy (non-hydrogen) atoms. The van der Waals surface area contributed by atoms with Crippen LogP contribution >= 0.6 is 11.8 Å². The second kappa shape index (κ2) is 9.96. The Balaban J connectivity index is 2.13. The first-order valence-electron chi connectivity index (χ1n) is 6.77. The molecule has 0 saturated heterocycles. The van der Waals surface area contributed by atoms with Crippen molar-refractivity contribution in [3.63, 3.8) is 0 Å². The smallest absolute Gasteiger partial charge is 0.372 e. The van der Waals surface area contributed by atoms with Crippen LogP contribution in [0.4, 0.5) is 13.2 Å². The Morgan fingerprint density at radius 2 is 2.14 bits per heavy atom. The summed E-state index contributed by atoms with van der Waals surface area (Å²) in [7, 11) is 0. The Morgan fingerprint density at radius 3 is 2.86 bits per heavy atom. The van der Waals surface area contributed by atoms with Gasteiger partial charge in [0.1, 0.15) is 6.61 Å². The molecule has 1 rings (SSSR count). The van der Waals surface area contributed by atoms with Crippen LogP contribution in [0.3, 0.4) is 0 Å². The molecule has 1 aromatic heterocycles. The zero-order valence-corrected chi connectivity index (χ0v) is 12.7. The van der Waals surface area contributed by atoms with Gasteiger partial charge in [-0.15, -0.1) is 5.10 Å². The Kier molecular flexibility index (Phi) is 8.62. The largest absolute Gasteiger partial charge is 0.411 e. The normalized spacial score (nSPS) is 12.0. The molecule has 1 heterocycles. The second-order valence-electron chi connectivity index (χ2n) is 4.30. The predicted octanol–water partition coefficient (Wildman–Crippen LogP) is 1.73. The fourth-order valence-corrected chi connectivity index (χ4v) is 2.26. The van der Waals surface area contributed by atoms with Gasteiger partial charge >= 0.3 is 6.18 Å². The van der Waals surface area contributed by atoms with Crippen LogP contribution in [0.25, 0.3) is 0 Å². The van der Waals surface area contributed by atoms with Gasteiger partial charge in [0.05, 0.1) is 6.54 Å². The van der Waals surface area contributed by atoms with Crippen molar-refractivity contribution in [3.8, 4) is 0 Å².